The first-order valence-electron chi connectivity index (χ1n) is 4.52. The Labute approximate surface area is 81.3 Å². The third-order valence-electron chi connectivity index (χ3n) is 2.47. The van der Waals surface area contributed by atoms with E-state index in [1.54, 1.807) is 19.3 Å². The third-order valence-corrected chi connectivity index (χ3v) is 2.47. The molecule has 1 atom stereocenters. The van der Waals surface area contributed by atoms with Crippen LogP contribution in [0.5, 0.6) is 0 Å². The number of halogens is 1. The molecule has 0 fully saturated rings. The van der Waals surface area contributed by atoms with Gasteiger partial charge >= 0.3 is 0 Å². The maximum Gasteiger partial charge on any atom is 0.130 e. The first-order chi connectivity index (χ1) is 6.74. The molecule has 4 heteroatoms. The minimum Gasteiger partial charge on any atom is -0.313 e. The molecule has 0 saturated carbocycles. The van der Waals surface area contributed by atoms with Gasteiger partial charge in [-0.25, -0.2) is 4.39 Å². The zero-order chi connectivity index (χ0) is 10.1. The number of aromatic nitrogens is 2. The summed E-state index contributed by atoms with van der Waals surface area (Å²) in [6.07, 6.45) is 1.70. The first kappa shape index (κ1) is 9.15. The van der Waals surface area contributed by atoms with E-state index in [1.807, 2.05) is 6.92 Å². The van der Waals surface area contributed by atoms with Crippen molar-refractivity contribution in [3.8, 4) is 0 Å². The molecule has 0 radical (unpaired) electrons. The van der Waals surface area contributed by atoms with Crippen molar-refractivity contribution in [2.45, 2.75) is 13.0 Å². The number of benzene rings is 1. The fourth-order valence-corrected chi connectivity index (χ4v) is 1.58. The second-order valence-electron chi connectivity index (χ2n) is 3.31. The summed E-state index contributed by atoms with van der Waals surface area (Å²) in [5, 5.41) is 10.7. The molecule has 3 nitrogen and oxygen atoms in total. The van der Waals surface area contributed by atoms with E-state index >= 15 is 0 Å². The molecule has 0 saturated heterocycles. The Hall–Kier alpha value is -1.42. The Kier molecular flexibility index (Phi) is 2.21. The lowest BCUT2D eigenvalue weighted by atomic mass is 10.0. The quantitative estimate of drug-likeness (QED) is 0.765. The zero-order valence-electron chi connectivity index (χ0n) is 8.13. The molecule has 0 spiro atoms. The summed E-state index contributed by atoms with van der Waals surface area (Å²) in [5.74, 6) is -0.205. The molecule has 1 heterocycles. The minimum atomic E-state index is -0.205. The van der Waals surface area contributed by atoms with E-state index < -0.39 is 0 Å². The van der Waals surface area contributed by atoms with E-state index in [-0.39, 0.29) is 11.9 Å². The summed E-state index contributed by atoms with van der Waals surface area (Å²) in [7, 11) is 1.80. The Morgan fingerprint density at radius 2 is 2.29 bits per heavy atom. The number of hydrogen-bond donors (Lipinski definition) is 2. The van der Waals surface area contributed by atoms with E-state index in [9.17, 15) is 4.39 Å². The van der Waals surface area contributed by atoms with Crippen LogP contribution in [0.25, 0.3) is 10.9 Å². The second kappa shape index (κ2) is 3.38. The van der Waals surface area contributed by atoms with Crippen LogP contribution in [0.15, 0.2) is 18.3 Å². The van der Waals surface area contributed by atoms with E-state index in [0.29, 0.717) is 5.56 Å². The number of fused-ring (bicyclic) bond motifs is 1. The van der Waals surface area contributed by atoms with Crippen molar-refractivity contribution in [2.24, 2.45) is 0 Å². The average Bonchev–Trinajstić information content (AvgIpc) is 2.64. The molecule has 0 aliphatic heterocycles. The Morgan fingerprint density at radius 1 is 1.50 bits per heavy atom. The van der Waals surface area contributed by atoms with Crippen LogP contribution in [0.4, 0.5) is 4.39 Å². The largest absolute Gasteiger partial charge is 0.313 e. The number of nitrogens with one attached hydrogen (secondary N) is 2. The lowest BCUT2D eigenvalue weighted by molar-refractivity contribution is 0.566. The maximum absolute atomic E-state index is 13.5. The van der Waals surface area contributed by atoms with Crippen molar-refractivity contribution in [1.82, 2.24) is 15.5 Å². The fourth-order valence-electron chi connectivity index (χ4n) is 1.58. The highest BCUT2D eigenvalue weighted by molar-refractivity contribution is 5.81. The van der Waals surface area contributed by atoms with Gasteiger partial charge in [-0.05, 0) is 26.1 Å². The van der Waals surface area contributed by atoms with Crippen LogP contribution in [0.1, 0.15) is 18.5 Å². The lowest BCUT2D eigenvalue weighted by Gasteiger charge is -2.12. The molecule has 0 aliphatic rings. The van der Waals surface area contributed by atoms with Crippen LogP contribution in [0.3, 0.4) is 0 Å². The predicted molar refractivity (Wildman–Crippen MR) is 53.5 cm³/mol. The van der Waals surface area contributed by atoms with E-state index in [2.05, 4.69) is 15.5 Å². The molecule has 1 unspecified atom stereocenters. The van der Waals surface area contributed by atoms with Gasteiger partial charge in [0.05, 0.1) is 11.7 Å². The second-order valence-corrected chi connectivity index (χ2v) is 3.31. The van der Waals surface area contributed by atoms with Crippen molar-refractivity contribution >= 4 is 10.9 Å². The molecule has 2 aromatic rings. The van der Waals surface area contributed by atoms with Crippen LogP contribution in [0.2, 0.25) is 0 Å². The summed E-state index contributed by atoms with van der Waals surface area (Å²) < 4.78 is 13.5. The highest BCUT2D eigenvalue weighted by Crippen LogP contribution is 2.24. The highest BCUT2D eigenvalue weighted by Gasteiger charge is 2.14. The SMILES string of the molecule is CNC(C)c1c(F)ccc2cn[nH]c12. The van der Waals surface area contributed by atoms with E-state index in [4.69, 9.17) is 0 Å². The van der Waals surface area contributed by atoms with Crippen molar-refractivity contribution in [3.05, 3.63) is 29.7 Å². The summed E-state index contributed by atoms with van der Waals surface area (Å²) in [4.78, 5) is 0. The van der Waals surface area contributed by atoms with Crippen LogP contribution >= 0.6 is 0 Å². The number of nitrogens with zero attached hydrogens (tertiary/aromatic N) is 1. The third kappa shape index (κ3) is 1.28. The number of H-pyrrole nitrogens is 1. The number of rotatable bonds is 2. The van der Waals surface area contributed by atoms with Gasteiger partial charge in [0.2, 0.25) is 0 Å². The van der Waals surface area contributed by atoms with Crippen molar-refractivity contribution in [3.63, 3.8) is 0 Å². The monoisotopic (exact) mass is 193 g/mol. The van der Waals surface area contributed by atoms with Gasteiger partial charge in [-0.2, -0.15) is 5.10 Å². The predicted octanol–water partition coefficient (Wildman–Crippen LogP) is 1.98. The molecule has 0 bridgehead atoms. The summed E-state index contributed by atoms with van der Waals surface area (Å²) in [6, 6.07) is 3.17. The molecule has 0 amide bonds. The molecule has 0 aliphatic carbocycles. The van der Waals surface area contributed by atoms with Crippen LogP contribution in [-0.4, -0.2) is 17.2 Å². The fraction of sp³-hybridized carbons (Fsp3) is 0.300. The van der Waals surface area contributed by atoms with Gasteiger partial charge in [0, 0.05) is 17.0 Å². The van der Waals surface area contributed by atoms with E-state index in [0.717, 1.165) is 10.9 Å². The molecular weight excluding hydrogens is 181 g/mol. The molecule has 1 aromatic carbocycles. The Balaban J connectivity index is 2.70. The first-order valence-corrected chi connectivity index (χ1v) is 4.52. The van der Waals surface area contributed by atoms with Crippen LogP contribution in [0, 0.1) is 5.82 Å². The molecule has 1 aromatic heterocycles. The van der Waals surface area contributed by atoms with Crippen molar-refractivity contribution in [1.29, 1.82) is 0 Å². The van der Waals surface area contributed by atoms with Crippen molar-refractivity contribution in [2.75, 3.05) is 7.05 Å². The summed E-state index contributed by atoms with van der Waals surface area (Å²) >= 11 is 0. The summed E-state index contributed by atoms with van der Waals surface area (Å²) in [6.45, 7) is 1.92. The van der Waals surface area contributed by atoms with Gasteiger partial charge in [-0.1, -0.05) is 0 Å². The topological polar surface area (TPSA) is 40.7 Å². The molecule has 74 valence electrons. The zero-order valence-corrected chi connectivity index (χ0v) is 8.13. The van der Waals surface area contributed by atoms with Crippen molar-refractivity contribution < 1.29 is 4.39 Å². The Bertz CT molecular complexity index is 450. The van der Waals surface area contributed by atoms with Gasteiger partial charge in [0.15, 0.2) is 0 Å². The molecular formula is C10H12FN3. The van der Waals surface area contributed by atoms with E-state index in [1.165, 1.54) is 6.07 Å². The van der Waals surface area contributed by atoms with Gasteiger partial charge in [0.1, 0.15) is 5.82 Å². The molecule has 2 N–H and O–H groups in total. The van der Waals surface area contributed by atoms with Crippen LogP contribution < -0.4 is 5.32 Å². The average molecular weight is 193 g/mol. The number of aromatic amines is 1. The Morgan fingerprint density at radius 3 is 3.00 bits per heavy atom. The minimum absolute atomic E-state index is 0.0286. The molecule has 2 rings (SSSR count). The highest BCUT2D eigenvalue weighted by atomic mass is 19.1. The van der Waals surface area contributed by atoms with Gasteiger partial charge in [-0.15, -0.1) is 0 Å². The standard InChI is InChI=1S/C10H12FN3/c1-6(12-2)9-8(11)4-3-7-5-13-14-10(7)9/h3-6,12H,1-2H3,(H,13,14). The number of hydrogen-bond acceptors (Lipinski definition) is 2. The molecule has 14 heavy (non-hydrogen) atoms. The van der Waals surface area contributed by atoms with Gasteiger partial charge < -0.3 is 5.32 Å². The summed E-state index contributed by atoms with van der Waals surface area (Å²) in [5.41, 5.74) is 1.41. The lowest BCUT2D eigenvalue weighted by Crippen LogP contribution is -2.14. The van der Waals surface area contributed by atoms with Gasteiger partial charge in [0.25, 0.3) is 0 Å². The maximum atomic E-state index is 13.5. The van der Waals surface area contributed by atoms with Gasteiger partial charge in [-0.3, -0.25) is 5.10 Å². The normalized spacial score (nSPS) is 13.4. The smallest absolute Gasteiger partial charge is 0.130 e. The van der Waals surface area contributed by atoms with Crippen LogP contribution in [-0.2, 0) is 0 Å².